The van der Waals surface area contributed by atoms with Crippen molar-refractivity contribution in [1.29, 1.82) is 0 Å². The number of aromatic carboxylic acids is 1. The second kappa shape index (κ2) is 27.8. The molecule has 0 fully saturated rings. The minimum Gasteiger partial charge on any atom is -0.478 e. The molecule has 0 bridgehead atoms. The van der Waals surface area contributed by atoms with Crippen LogP contribution in [-0.2, 0) is 20.0 Å². The van der Waals surface area contributed by atoms with E-state index in [2.05, 4.69) is 4.72 Å². The van der Waals surface area contributed by atoms with Gasteiger partial charge in [0.05, 0.1) is 21.1 Å². The molecule has 0 aliphatic carbocycles. The highest BCUT2D eigenvalue weighted by molar-refractivity contribution is 7.90. The molecule has 1 heterocycles. The first-order valence-corrected chi connectivity index (χ1v) is 18.3. The lowest BCUT2D eigenvalue weighted by Crippen LogP contribution is -2.26. The summed E-state index contributed by atoms with van der Waals surface area (Å²) >= 11 is 0. The van der Waals surface area contributed by atoms with Gasteiger partial charge in [0, 0.05) is 0 Å². The van der Waals surface area contributed by atoms with Crippen molar-refractivity contribution >= 4 is 37.8 Å². The first kappa shape index (κ1) is 50.6. The van der Waals surface area contributed by atoms with Gasteiger partial charge in [0.15, 0.2) is 0 Å². The predicted molar refractivity (Wildman–Crippen MR) is 206 cm³/mol. The van der Waals surface area contributed by atoms with E-state index in [1.807, 2.05) is 97.9 Å². The number of benzene rings is 4. The van der Waals surface area contributed by atoms with Gasteiger partial charge in [-0.3, -0.25) is 4.72 Å². The van der Waals surface area contributed by atoms with E-state index in [0.29, 0.717) is 21.7 Å². The molecule has 0 aromatic heterocycles. The van der Waals surface area contributed by atoms with Crippen LogP contribution in [0.5, 0.6) is 0 Å². The highest BCUT2D eigenvalue weighted by Crippen LogP contribution is 2.27. The van der Waals surface area contributed by atoms with Crippen molar-refractivity contribution in [3.8, 4) is 0 Å². The molecule has 1 aliphatic rings. The maximum atomic E-state index is 12.1. The van der Waals surface area contributed by atoms with Crippen LogP contribution in [0, 0.1) is 6.92 Å². The van der Waals surface area contributed by atoms with Crippen molar-refractivity contribution < 1.29 is 26.7 Å². The number of sulfonamides is 2. The van der Waals surface area contributed by atoms with E-state index in [1.54, 1.807) is 73.7 Å². The minimum absolute atomic E-state index is 0. The second-order valence-corrected chi connectivity index (χ2v) is 11.2. The molecule has 0 saturated carbocycles. The Kier molecular flexibility index (Phi) is 29.3. The van der Waals surface area contributed by atoms with Crippen molar-refractivity contribution in [2.24, 2.45) is 5.14 Å². The summed E-state index contributed by atoms with van der Waals surface area (Å²) in [5, 5.41) is 13.3. The molecule has 5 rings (SSSR count). The van der Waals surface area contributed by atoms with E-state index in [1.165, 1.54) is 6.07 Å². The van der Waals surface area contributed by atoms with Crippen molar-refractivity contribution in [1.82, 2.24) is 4.72 Å². The van der Waals surface area contributed by atoms with Crippen LogP contribution in [0.25, 0.3) is 11.8 Å². The molecular formula is C38H58N2O6S2. The molecule has 0 spiro atoms. The molecule has 8 nitrogen and oxygen atoms in total. The van der Waals surface area contributed by atoms with E-state index in [9.17, 15) is 21.6 Å². The second-order valence-electron chi connectivity index (χ2n) is 8.05. The number of primary sulfonamides is 1. The summed E-state index contributed by atoms with van der Waals surface area (Å²) in [7, 11) is -6.99. The summed E-state index contributed by atoms with van der Waals surface area (Å²) in [5.74, 6) is -0.879. The summed E-state index contributed by atoms with van der Waals surface area (Å²) in [6.07, 6.45) is 1.85. The van der Waals surface area contributed by atoms with Crippen molar-refractivity contribution in [2.45, 2.75) is 87.0 Å². The summed E-state index contributed by atoms with van der Waals surface area (Å²) in [5.41, 5.74) is 3.19. The number of rotatable bonds is 3. The molecule has 0 unspecified atom stereocenters. The van der Waals surface area contributed by atoms with E-state index in [-0.39, 0.29) is 19.7 Å². The number of carbonyl (C=O) groups is 1. The summed E-state index contributed by atoms with van der Waals surface area (Å²) < 4.78 is 48.5. The Morgan fingerprint density at radius 3 is 1.50 bits per heavy atom. The first-order valence-electron chi connectivity index (χ1n) is 15.2. The lowest BCUT2D eigenvalue weighted by atomic mass is 10.1. The van der Waals surface area contributed by atoms with Gasteiger partial charge in [0.2, 0.25) is 10.0 Å². The van der Waals surface area contributed by atoms with Gasteiger partial charge in [-0.05, 0) is 54.0 Å². The largest absolute Gasteiger partial charge is 0.478 e. The molecule has 0 amide bonds. The van der Waals surface area contributed by atoms with Crippen LogP contribution in [0.3, 0.4) is 0 Å². The quantitative estimate of drug-likeness (QED) is 0.194. The molecule has 4 aromatic carbocycles. The molecule has 0 atom stereocenters. The Morgan fingerprint density at radius 2 is 1.08 bits per heavy atom. The molecule has 0 radical (unpaired) electrons. The fourth-order valence-corrected chi connectivity index (χ4v) is 5.50. The van der Waals surface area contributed by atoms with Crippen LogP contribution in [0.15, 0.2) is 119 Å². The van der Waals surface area contributed by atoms with Crippen LogP contribution in [-0.4, -0.2) is 27.9 Å². The fourth-order valence-electron chi connectivity index (χ4n) is 3.45. The number of aryl methyl sites for hydroxylation is 1. The Hall–Kier alpha value is -4.25. The van der Waals surface area contributed by atoms with Crippen LogP contribution in [0.1, 0.15) is 97.3 Å². The van der Waals surface area contributed by atoms with Gasteiger partial charge in [0.1, 0.15) is 0 Å². The molecule has 10 heteroatoms. The third kappa shape index (κ3) is 17.6. The van der Waals surface area contributed by atoms with Gasteiger partial charge in [-0.1, -0.05) is 155 Å². The number of nitrogens with two attached hydrogens (primary N) is 1. The SMILES string of the molecule is C.C.CC.CC.CC.CC.Cc1ccccc1S(N)(=O)=O.O=C(O)c1ccccc1.O=S1(=O)NC(c2ccccc2)=Cc2ccccc21. The zero-order chi connectivity index (χ0) is 35.8. The summed E-state index contributed by atoms with van der Waals surface area (Å²) in [6, 6.07) is 31.3. The van der Waals surface area contributed by atoms with E-state index < -0.39 is 26.0 Å². The molecule has 0 saturated heterocycles. The lowest BCUT2D eigenvalue weighted by Gasteiger charge is -2.19. The third-order valence-corrected chi connectivity index (χ3v) is 7.77. The normalized spacial score (nSPS) is 10.9. The summed E-state index contributed by atoms with van der Waals surface area (Å²) in [4.78, 5) is 10.7. The topological polar surface area (TPSA) is 144 Å². The Morgan fingerprint density at radius 1 is 0.667 bits per heavy atom. The summed E-state index contributed by atoms with van der Waals surface area (Å²) in [6.45, 7) is 17.7. The molecule has 4 N–H and O–H groups in total. The molecule has 268 valence electrons. The van der Waals surface area contributed by atoms with Gasteiger partial charge in [-0.25, -0.2) is 26.8 Å². The zero-order valence-electron chi connectivity index (χ0n) is 28.4. The number of hydrogen-bond acceptors (Lipinski definition) is 5. The fraction of sp³-hybridized carbons (Fsp3) is 0.289. The van der Waals surface area contributed by atoms with Crippen molar-refractivity contribution in [3.05, 3.63) is 131 Å². The molecule has 48 heavy (non-hydrogen) atoms. The lowest BCUT2D eigenvalue weighted by molar-refractivity contribution is 0.0697. The van der Waals surface area contributed by atoms with Gasteiger partial charge < -0.3 is 5.11 Å². The van der Waals surface area contributed by atoms with Gasteiger partial charge >= 0.3 is 5.97 Å². The molecule has 1 aliphatic heterocycles. The van der Waals surface area contributed by atoms with E-state index in [4.69, 9.17) is 10.2 Å². The van der Waals surface area contributed by atoms with E-state index >= 15 is 0 Å². The molecule has 4 aromatic rings. The maximum absolute atomic E-state index is 12.1. The number of carboxylic acid groups (broad SMARTS) is 1. The van der Waals surface area contributed by atoms with Gasteiger partial charge in [-0.15, -0.1) is 0 Å². The first-order chi connectivity index (χ1) is 22.0. The number of carboxylic acids is 1. The standard InChI is InChI=1S/C14H11NO2S.C7H9NO2S.C7H6O2.4C2H6.2CH4/c16-18(17)14-9-5-4-8-12(14)10-13(15-18)11-6-2-1-3-7-11;1-6-4-2-3-5-7(6)11(8,9)10;8-7(9)6-4-2-1-3-5-6;4*1-2;;/h1-10,15H;2-5H,1H3,(H2,8,9,10);1-5H,(H,8,9);4*1-2H3;2*1H4. The Bertz CT molecular complexity index is 1660. The smallest absolute Gasteiger partial charge is 0.335 e. The Labute approximate surface area is 291 Å². The number of fused-ring (bicyclic) bond motifs is 1. The predicted octanol–water partition coefficient (Wildman–Crippen LogP) is 9.88. The molecular weight excluding hydrogens is 645 g/mol. The van der Waals surface area contributed by atoms with Gasteiger partial charge in [0.25, 0.3) is 10.0 Å². The number of nitrogens with one attached hydrogen (secondary N) is 1. The average molecular weight is 703 g/mol. The highest BCUT2D eigenvalue weighted by atomic mass is 32.2. The van der Waals surface area contributed by atoms with E-state index in [0.717, 1.165) is 11.1 Å². The van der Waals surface area contributed by atoms with Crippen LogP contribution < -0.4 is 9.86 Å². The van der Waals surface area contributed by atoms with Gasteiger partial charge in [-0.2, -0.15) is 0 Å². The number of hydrogen-bond donors (Lipinski definition) is 3. The van der Waals surface area contributed by atoms with Crippen LogP contribution in [0.2, 0.25) is 0 Å². The Balaban J connectivity index is -0.000000282. The van der Waals surface area contributed by atoms with Crippen molar-refractivity contribution in [3.63, 3.8) is 0 Å². The average Bonchev–Trinajstić information content (AvgIpc) is 3.09. The zero-order valence-corrected chi connectivity index (χ0v) is 30.0. The monoisotopic (exact) mass is 702 g/mol. The van der Waals surface area contributed by atoms with Crippen LogP contribution in [0.4, 0.5) is 0 Å². The minimum atomic E-state index is -3.53. The van der Waals surface area contributed by atoms with Crippen molar-refractivity contribution in [2.75, 3.05) is 0 Å². The third-order valence-electron chi connectivity index (χ3n) is 5.26. The highest BCUT2D eigenvalue weighted by Gasteiger charge is 2.23. The maximum Gasteiger partial charge on any atom is 0.335 e. The van der Waals surface area contributed by atoms with Crippen LogP contribution >= 0.6 is 0 Å².